The van der Waals surface area contributed by atoms with Gasteiger partial charge in [0.05, 0.1) is 18.3 Å². The van der Waals surface area contributed by atoms with Crippen LogP contribution in [0, 0.1) is 0 Å². The molecule has 1 heterocycles. The molecule has 0 aromatic rings. The quantitative estimate of drug-likeness (QED) is 0.558. The first-order chi connectivity index (χ1) is 9.79. The lowest BCUT2D eigenvalue weighted by molar-refractivity contribution is -0.273. The van der Waals surface area contributed by atoms with Crippen molar-refractivity contribution in [3.05, 3.63) is 0 Å². The van der Waals surface area contributed by atoms with Crippen molar-refractivity contribution in [3.63, 3.8) is 0 Å². The van der Waals surface area contributed by atoms with Gasteiger partial charge in [-0.15, -0.1) is 0 Å². The van der Waals surface area contributed by atoms with Gasteiger partial charge in [-0.3, -0.25) is 9.59 Å². The summed E-state index contributed by atoms with van der Waals surface area (Å²) < 4.78 is 11.0. The second kappa shape index (κ2) is 8.43. The molecule has 7 nitrogen and oxygen atoms in total. The number of hydrogen-bond donors (Lipinski definition) is 3. The van der Waals surface area contributed by atoms with Crippen molar-refractivity contribution in [1.82, 2.24) is 0 Å². The number of carboxylic acid groups (broad SMARTS) is 1. The maximum atomic E-state index is 11.2. The fourth-order valence-electron chi connectivity index (χ4n) is 2.21. The number of rotatable bonds is 8. The molecule has 0 saturated carbocycles. The Morgan fingerprint density at radius 3 is 2.62 bits per heavy atom. The fourth-order valence-corrected chi connectivity index (χ4v) is 2.21. The van der Waals surface area contributed by atoms with E-state index in [9.17, 15) is 19.8 Å². The molecule has 122 valence electrons. The van der Waals surface area contributed by atoms with Crippen molar-refractivity contribution in [2.24, 2.45) is 0 Å². The minimum Gasteiger partial charge on any atom is -0.481 e. The van der Waals surface area contributed by atoms with Crippen LogP contribution in [0.15, 0.2) is 0 Å². The van der Waals surface area contributed by atoms with E-state index in [1.165, 1.54) is 0 Å². The summed E-state index contributed by atoms with van der Waals surface area (Å²) in [6, 6.07) is 0. The van der Waals surface area contributed by atoms with Crippen LogP contribution in [0.2, 0.25) is 0 Å². The third-order valence-corrected chi connectivity index (χ3v) is 3.47. The normalized spacial score (nSPS) is 30.9. The number of ether oxygens (including phenoxy) is 2. The molecule has 1 saturated heterocycles. The lowest BCUT2D eigenvalue weighted by atomic mass is 10.0. The topological polar surface area (TPSA) is 113 Å². The molecule has 0 aliphatic carbocycles. The lowest BCUT2D eigenvalue weighted by Crippen LogP contribution is -2.48. The van der Waals surface area contributed by atoms with Gasteiger partial charge in [0.1, 0.15) is 18.3 Å². The van der Waals surface area contributed by atoms with E-state index in [0.29, 0.717) is 12.8 Å². The van der Waals surface area contributed by atoms with Gasteiger partial charge in [0, 0.05) is 12.8 Å². The summed E-state index contributed by atoms with van der Waals surface area (Å²) in [6.07, 6.45) is -1.96. The Kier molecular flexibility index (Phi) is 7.24. The van der Waals surface area contributed by atoms with E-state index in [1.54, 1.807) is 13.8 Å². The third kappa shape index (κ3) is 6.52. The summed E-state index contributed by atoms with van der Waals surface area (Å²) >= 11 is 0. The van der Waals surface area contributed by atoms with Crippen LogP contribution in [0.4, 0.5) is 0 Å². The average Bonchev–Trinajstić information content (AvgIpc) is 2.35. The molecule has 1 aliphatic heterocycles. The van der Waals surface area contributed by atoms with E-state index < -0.39 is 37.0 Å². The maximum Gasteiger partial charge on any atom is 0.310 e. The first-order valence-corrected chi connectivity index (χ1v) is 7.20. The Hall–Kier alpha value is -1.02. The lowest BCUT2D eigenvalue weighted by Gasteiger charge is -2.36. The van der Waals surface area contributed by atoms with Gasteiger partial charge >= 0.3 is 5.97 Å². The van der Waals surface area contributed by atoms with Crippen LogP contribution in [0.5, 0.6) is 0 Å². The zero-order valence-corrected chi connectivity index (χ0v) is 12.4. The van der Waals surface area contributed by atoms with Gasteiger partial charge in [-0.2, -0.15) is 0 Å². The number of Topliss-reactive ketones (excluding diaryl/α,β-unsaturated/α-hetero) is 1. The third-order valence-electron chi connectivity index (χ3n) is 3.47. The fraction of sp³-hybridized carbons (Fsp3) is 0.857. The van der Waals surface area contributed by atoms with Crippen LogP contribution >= 0.6 is 0 Å². The molecule has 0 spiro atoms. The minimum absolute atomic E-state index is 0.198. The zero-order chi connectivity index (χ0) is 16.0. The largest absolute Gasteiger partial charge is 0.481 e. The molecule has 0 amide bonds. The molecule has 1 rings (SSSR count). The number of carbonyl (C=O) groups is 2. The highest BCUT2D eigenvalue weighted by molar-refractivity contribution is 5.94. The van der Waals surface area contributed by atoms with E-state index in [1.807, 2.05) is 0 Å². The molecular formula is C14H24O7. The molecule has 1 fully saturated rings. The molecule has 7 heteroatoms. The Bertz CT molecular complexity index is 357. The molecule has 0 aromatic heterocycles. The van der Waals surface area contributed by atoms with Crippen LogP contribution in [0.1, 0.15) is 46.0 Å². The highest BCUT2D eigenvalue weighted by Gasteiger charge is 2.35. The standard InChI is InChI=1S/C14H24O7/c1-8(4-3-5-10(15)6-13(18)19)20-14-12(17)7-11(16)9(2)21-14/h8-9,11-12,14,16-17H,3-7H2,1-2H3,(H,18,19)/t8-,9+,11-,12-,14-/m1/s1. The molecular weight excluding hydrogens is 280 g/mol. The molecule has 0 radical (unpaired) electrons. The van der Waals surface area contributed by atoms with Gasteiger partial charge in [0.25, 0.3) is 0 Å². The van der Waals surface area contributed by atoms with Crippen LogP contribution < -0.4 is 0 Å². The number of aliphatic hydroxyl groups excluding tert-OH is 2. The summed E-state index contributed by atoms with van der Waals surface area (Å²) in [5, 5.41) is 27.8. The predicted molar refractivity (Wildman–Crippen MR) is 72.6 cm³/mol. The van der Waals surface area contributed by atoms with E-state index in [0.717, 1.165) is 0 Å². The summed E-state index contributed by atoms with van der Waals surface area (Å²) in [4.78, 5) is 21.6. The van der Waals surface area contributed by atoms with E-state index in [4.69, 9.17) is 14.6 Å². The molecule has 0 unspecified atom stereocenters. The number of carbonyl (C=O) groups excluding carboxylic acids is 1. The molecule has 0 aromatic carbocycles. The SMILES string of the molecule is C[C@H](CCCC(=O)CC(=O)O)O[C@@H]1O[C@@H](C)[C@H](O)C[C@H]1O. The molecule has 1 aliphatic rings. The number of ketones is 1. The van der Waals surface area contributed by atoms with E-state index in [-0.39, 0.29) is 24.7 Å². The summed E-state index contributed by atoms with van der Waals surface area (Å²) in [7, 11) is 0. The second-order valence-electron chi connectivity index (χ2n) is 5.53. The molecule has 5 atom stereocenters. The predicted octanol–water partition coefficient (Wildman–Crippen LogP) is 0.462. The Labute approximate surface area is 123 Å². The smallest absolute Gasteiger partial charge is 0.310 e. The maximum absolute atomic E-state index is 11.2. The van der Waals surface area contributed by atoms with E-state index >= 15 is 0 Å². The van der Waals surface area contributed by atoms with Gasteiger partial charge < -0.3 is 24.8 Å². The van der Waals surface area contributed by atoms with Gasteiger partial charge in [0.2, 0.25) is 0 Å². The summed E-state index contributed by atoms with van der Waals surface area (Å²) in [6.45, 7) is 3.51. The molecule has 0 bridgehead atoms. The number of aliphatic hydroxyl groups is 2. The highest BCUT2D eigenvalue weighted by atomic mass is 16.7. The molecule has 21 heavy (non-hydrogen) atoms. The van der Waals surface area contributed by atoms with Crippen LogP contribution in [0.3, 0.4) is 0 Å². The summed E-state index contributed by atoms with van der Waals surface area (Å²) in [5.74, 6) is -1.42. The van der Waals surface area contributed by atoms with E-state index in [2.05, 4.69) is 0 Å². The summed E-state index contributed by atoms with van der Waals surface area (Å²) in [5.41, 5.74) is 0. The van der Waals surface area contributed by atoms with Gasteiger partial charge in [-0.25, -0.2) is 0 Å². The van der Waals surface area contributed by atoms with Crippen molar-refractivity contribution < 1.29 is 34.4 Å². The van der Waals surface area contributed by atoms with Crippen molar-refractivity contribution in [1.29, 1.82) is 0 Å². The average molecular weight is 304 g/mol. The van der Waals surface area contributed by atoms with Gasteiger partial charge in [-0.1, -0.05) is 0 Å². The second-order valence-corrected chi connectivity index (χ2v) is 5.53. The number of aliphatic carboxylic acids is 1. The monoisotopic (exact) mass is 304 g/mol. The van der Waals surface area contributed by atoms with Crippen molar-refractivity contribution in [2.45, 2.75) is 76.7 Å². The van der Waals surface area contributed by atoms with Gasteiger partial charge in [0.15, 0.2) is 6.29 Å². The van der Waals surface area contributed by atoms with Crippen LogP contribution in [-0.2, 0) is 19.1 Å². The number of hydrogen-bond acceptors (Lipinski definition) is 6. The van der Waals surface area contributed by atoms with Crippen molar-refractivity contribution in [3.8, 4) is 0 Å². The van der Waals surface area contributed by atoms with Crippen molar-refractivity contribution in [2.75, 3.05) is 0 Å². The van der Waals surface area contributed by atoms with Crippen LogP contribution in [-0.4, -0.2) is 57.8 Å². The number of carboxylic acids is 1. The van der Waals surface area contributed by atoms with Crippen molar-refractivity contribution >= 4 is 11.8 Å². The Morgan fingerprint density at radius 1 is 1.33 bits per heavy atom. The first-order valence-electron chi connectivity index (χ1n) is 7.20. The minimum atomic E-state index is -1.12. The van der Waals surface area contributed by atoms with Crippen LogP contribution in [0.25, 0.3) is 0 Å². The highest BCUT2D eigenvalue weighted by Crippen LogP contribution is 2.23. The van der Waals surface area contributed by atoms with Gasteiger partial charge in [-0.05, 0) is 26.7 Å². The zero-order valence-electron chi connectivity index (χ0n) is 12.4. The first kappa shape index (κ1) is 18.0. The molecule has 3 N–H and O–H groups in total. The Morgan fingerprint density at radius 2 is 2.00 bits per heavy atom. The Balaban J connectivity index is 2.25.